The van der Waals surface area contributed by atoms with Gasteiger partial charge in [-0.25, -0.2) is 8.42 Å². The average molecular weight is 409 g/mol. The van der Waals surface area contributed by atoms with E-state index in [-0.39, 0.29) is 16.9 Å². The smallest absolute Gasteiger partial charge is 0.309 e. The lowest BCUT2D eigenvalue weighted by molar-refractivity contribution is -0.139. The highest BCUT2D eigenvalue weighted by atomic mass is 32.2. The second kappa shape index (κ2) is 9.47. The van der Waals surface area contributed by atoms with Gasteiger partial charge in [0.05, 0.1) is 0 Å². The van der Waals surface area contributed by atoms with Crippen molar-refractivity contribution in [3.8, 4) is 0 Å². The third-order valence-electron chi connectivity index (χ3n) is 5.54. The van der Waals surface area contributed by atoms with Crippen LogP contribution in [0.15, 0.2) is 29.4 Å². The summed E-state index contributed by atoms with van der Waals surface area (Å²) in [5.41, 5.74) is 0. The number of piperidine rings is 1. The van der Waals surface area contributed by atoms with Gasteiger partial charge in [-0.1, -0.05) is 19.3 Å². The number of pyridine rings is 1. The standard InChI is InChI=1S/C19H28N4O4S/c24-18(19(25)22-16-5-2-1-3-6-16)21-13-15-8-11-23(12-9-15)28(26,27)17-7-4-10-20-14-17/h4,7,10,14-16H,1-3,5-6,8-9,11-13H2,(H,21,24)(H,22,25). The highest BCUT2D eigenvalue weighted by Crippen LogP contribution is 2.23. The maximum Gasteiger partial charge on any atom is 0.309 e. The lowest BCUT2D eigenvalue weighted by Gasteiger charge is -2.31. The molecule has 1 saturated carbocycles. The molecule has 1 saturated heterocycles. The Kier molecular flexibility index (Phi) is 7.01. The summed E-state index contributed by atoms with van der Waals surface area (Å²) in [5, 5.41) is 5.51. The number of aromatic nitrogens is 1. The molecule has 1 aliphatic carbocycles. The van der Waals surface area contributed by atoms with Crippen LogP contribution in [0.2, 0.25) is 0 Å². The number of hydrogen-bond donors (Lipinski definition) is 2. The summed E-state index contributed by atoms with van der Waals surface area (Å²) in [6, 6.07) is 3.25. The zero-order valence-electron chi connectivity index (χ0n) is 16.0. The summed E-state index contributed by atoms with van der Waals surface area (Å²) < 4.78 is 26.7. The van der Waals surface area contributed by atoms with Gasteiger partial charge in [0.1, 0.15) is 4.90 Å². The first-order chi connectivity index (χ1) is 13.5. The molecular weight excluding hydrogens is 380 g/mol. The molecule has 9 heteroatoms. The molecule has 0 atom stereocenters. The minimum Gasteiger partial charge on any atom is -0.348 e. The van der Waals surface area contributed by atoms with Crippen molar-refractivity contribution in [1.82, 2.24) is 19.9 Å². The van der Waals surface area contributed by atoms with E-state index in [1.807, 2.05) is 0 Å². The fraction of sp³-hybridized carbons (Fsp3) is 0.632. The van der Waals surface area contributed by atoms with Crippen molar-refractivity contribution in [2.45, 2.75) is 55.9 Å². The molecule has 0 unspecified atom stereocenters. The maximum absolute atomic E-state index is 12.6. The van der Waals surface area contributed by atoms with Gasteiger partial charge in [0.25, 0.3) is 0 Å². The SMILES string of the molecule is O=C(NCC1CCN(S(=O)(=O)c2cccnc2)CC1)C(=O)NC1CCCCC1. The van der Waals surface area contributed by atoms with Gasteiger partial charge in [-0.2, -0.15) is 4.31 Å². The quantitative estimate of drug-likeness (QED) is 0.708. The van der Waals surface area contributed by atoms with Gasteiger partial charge in [0.15, 0.2) is 0 Å². The molecule has 154 valence electrons. The van der Waals surface area contributed by atoms with Crippen LogP contribution in [-0.2, 0) is 19.6 Å². The predicted molar refractivity (Wildman–Crippen MR) is 104 cm³/mol. The van der Waals surface area contributed by atoms with Crippen LogP contribution in [0, 0.1) is 5.92 Å². The largest absolute Gasteiger partial charge is 0.348 e. The van der Waals surface area contributed by atoms with Gasteiger partial charge in [0.2, 0.25) is 10.0 Å². The van der Waals surface area contributed by atoms with Gasteiger partial charge in [-0.05, 0) is 43.7 Å². The van der Waals surface area contributed by atoms with Crippen molar-refractivity contribution in [3.63, 3.8) is 0 Å². The molecule has 8 nitrogen and oxygen atoms in total. The molecule has 0 aromatic carbocycles. The van der Waals surface area contributed by atoms with Crippen molar-refractivity contribution >= 4 is 21.8 Å². The lowest BCUT2D eigenvalue weighted by atomic mass is 9.95. The van der Waals surface area contributed by atoms with E-state index in [1.165, 1.54) is 16.9 Å². The Hall–Kier alpha value is -2.00. The highest BCUT2D eigenvalue weighted by molar-refractivity contribution is 7.89. The summed E-state index contributed by atoms with van der Waals surface area (Å²) in [6.45, 7) is 1.18. The van der Waals surface area contributed by atoms with Crippen LogP contribution < -0.4 is 10.6 Å². The summed E-state index contributed by atoms with van der Waals surface area (Å²) in [7, 11) is -3.53. The summed E-state index contributed by atoms with van der Waals surface area (Å²) >= 11 is 0. The fourth-order valence-electron chi connectivity index (χ4n) is 3.82. The van der Waals surface area contributed by atoms with Crippen LogP contribution in [0.5, 0.6) is 0 Å². The Labute approximate surface area is 166 Å². The minimum atomic E-state index is -3.53. The molecule has 2 heterocycles. The molecule has 1 aliphatic heterocycles. The van der Waals surface area contributed by atoms with E-state index in [9.17, 15) is 18.0 Å². The molecule has 2 N–H and O–H groups in total. The van der Waals surface area contributed by atoms with E-state index in [4.69, 9.17) is 0 Å². The van der Waals surface area contributed by atoms with Crippen molar-refractivity contribution in [1.29, 1.82) is 0 Å². The number of amides is 2. The zero-order chi connectivity index (χ0) is 20.0. The molecule has 28 heavy (non-hydrogen) atoms. The molecule has 1 aromatic heterocycles. The number of carbonyl (C=O) groups excluding carboxylic acids is 2. The predicted octanol–water partition coefficient (Wildman–Crippen LogP) is 1.05. The molecule has 0 spiro atoms. The van der Waals surface area contributed by atoms with Crippen LogP contribution in [-0.4, -0.2) is 55.2 Å². The topological polar surface area (TPSA) is 108 Å². The number of rotatable bonds is 5. The number of nitrogens with one attached hydrogen (secondary N) is 2. The average Bonchev–Trinajstić information content (AvgIpc) is 2.73. The Morgan fingerprint density at radius 3 is 2.43 bits per heavy atom. The van der Waals surface area contributed by atoms with Crippen LogP contribution >= 0.6 is 0 Å². The Morgan fingerprint density at radius 1 is 1.07 bits per heavy atom. The van der Waals surface area contributed by atoms with Gasteiger partial charge < -0.3 is 10.6 Å². The van der Waals surface area contributed by atoms with Crippen molar-refractivity contribution in [2.75, 3.05) is 19.6 Å². The van der Waals surface area contributed by atoms with Crippen LogP contribution in [0.4, 0.5) is 0 Å². The van der Waals surface area contributed by atoms with Crippen LogP contribution in [0.3, 0.4) is 0 Å². The van der Waals surface area contributed by atoms with E-state index in [0.717, 1.165) is 25.7 Å². The third kappa shape index (κ3) is 5.29. The Morgan fingerprint density at radius 2 is 1.79 bits per heavy atom. The summed E-state index contributed by atoms with van der Waals surface area (Å²) in [4.78, 5) is 28.1. The highest BCUT2D eigenvalue weighted by Gasteiger charge is 2.30. The van der Waals surface area contributed by atoms with Gasteiger partial charge in [-0.15, -0.1) is 0 Å². The molecule has 1 aromatic rings. The van der Waals surface area contributed by atoms with E-state index in [1.54, 1.807) is 18.3 Å². The van der Waals surface area contributed by atoms with Crippen LogP contribution in [0.1, 0.15) is 44.9 Å². The Balaban J connectivity index is 1.42. The van der Waals surface area contributed by atoms with E-state index in [2.05, 4.69) is 15.6 Å². The summed E-state index contributed by atoms with van der Waals surface area (Å²) in [6.07, 6.45) is 9.42. The summed E-state index contributed by atoms with van der Waals surface area (Å²) in [5.74, 6) is -1.01. The van der Waals surface area contributed by atoms with Gasteiger partial charge in [0, 0.05) is 38.1 Å². The van der Waals surface area contributed by atoms with Gasteiger partial charge in [-0.3, -0.25) is 14.6 Å². The minimum absolute atomic E-state index is 0.105. The third-order valence-corrected chi connectivity index (χ3v) is 7.43. The van der Waals surface area contributed by atoms with Crippen molar-refractivity contribution < 1.29 is 18.0 Å². The molecule has 0 bridgehead atoms. The first kappa shape index (κ1) is 20.7. The second-order valence-electron chi connectivity index (χ2n) is 7.55. The monoisotopic (exact) mass is 408 g/mol. The normalized spacial score (nSPS) is 19.9. The van der Waals surface area contributed by atoms with E-state index < -0.39 is 21.8 Å². The van der Waals surface area contributed by atoms with Gasteiger partial charge >= 0.3 is 11.8 Å². The number of carbonyl (C=O) groups is 2. The first-order valence-corrected chi connectivity index (χ1v) is 11.4. The molecular formula is C19H28N4O4S. The van der Waals surface area contributed by atoms with E-state index in [0.29, 0.717) is 32.5 Å². The molecule has 2 aliphatic rings. The van der Waals surface area contributed by atoms with Crippen molar-refractivity contribution in [2.24, 2.45) is 5.92 Å². The van der Waals surface area contributed by atoms with Crippen molar-refractivity contribution in [3.05, 3.63) is 24.5 Å². The Bertz CT molecular complexity index is 770. The van der Waals surface area contributed by atoms with Crippen LogP contribution in [0.25, 0.3) is 0 Å². The molecule has 2 fully saturated rings. The molecule has 2 amide bonds. The number of sulfonamides is 1. The zero-order valence-corrected chi connectivity index (χ0v) is 16.8. The second-order valence-corrected chi connectivity index (χ2v) is 9.49. The number of nitrogens with zero attached hydrogens (tertiary/aromatic N) is 2. The first-order valence-electron chi connectivity index (χ1n) is 9.95. The fourth-order valence-corrected chi connectivity index (χ4v) is 5.25. The van der Waals surface area contributed by atoms with E-state index >= 15 is 0 Å². The molecule has 3 rings (SSSR count). The maximum atomic E-state index is 12.6. The lowest BCUT2D eigenvalue weighted by Crippen LogP contribution is -2.47. The number of hydrogen-bond acceptors (Lipinski definition) is 5. The molecule has 0 radical (unpaired) electrons.